The van der Waals surface area contributed by atoms with Gasteiger partial charge in [-0.2, -0.15) is 0 Å². The van der Waals surface area contributed by atoms with E-state index >= 15 is 0 Å². The van der Waals surface area contributed by atoms with Crippen LogP contribution in [0.4, 0.5) is 0 Å². The zero-order chi connectivity index (χ0) is 11.6. The van der Waals surface area contributed by atoms with Gasteiger partial charge < -0.3 is 19.3 Å². The molecule has 0 saturated carbocycles. The summed E-state index contributed by atoms with van der Waals surface area (Å²) in [5, 5.41) is 9.77. The Bertz CT molecular complexity index is 310. The van der Waals surface area contributed by atoms with Crippen LogP contribution < -0.4 is 0 Å². The lowest BCUT2D eigenvalue weighted by atomic mass is 9.95. The molecule has 7 heteroatoms. The van der Waals surface area contributed by atoms with Gasteiger partial charge in [0.05, 0.1) is 20.6 Å². The molecule has 0 spiro atoms. The molecular formula is C8H10O7. The SMILES string of the molecule is COC(=O)[C@H]1OC(=O)C[C@]1(O)C(=O)OC. The fraction of sp³-hybridized carbons (Fsp3) is 0.625. The molecule has 0 bridgehead atoms. The lowest BCUT2D eigenvalue weighted by molar-refractivity contribution is -0.180. The Morgan fingerprint density at radius 1 is 1.47 bits per heavy atom. The average molecular weight is 218 g/mol. The van der Waals surface area contributed by atoms with Crippen LogP contribution in [0, 0.1) is 0 Å². The number of ether oxygens (including phenoxy) is 3. The van der Waals surface area contributed by atoms with Crippen molar-refractivity contribution in [3.05, 3.63) is 0 Å². The second kappa shape index (κ2) is 3.85. The Morgan fingerprint density at radius 2 is 2.07 bits per heavy atom. The van der Waals surface area contributed by atoms with Gasteiger partial charge in [-0.1, -0.05) is 0 Å². The van der Waals surface area contributed by atoms with E-state index in [1.807, 2.05) is 0 Å². The van der Waals surface area contributed by atoms with Crippen LogP contribution in [0.3, 0.4) is 0 Å². The van der Waals surface area contributed by atoms with Crippen molar-refractivity contribution in [2.45, 2.75) is 18.1 Å². The van der Waals surface area contributed by atoms with Crippen LogP contribution in [0.1, 0.15) is 6.42 Å². The summed E-state index contributed by atoms with van der Waals surface area (Å²) in [5.41, 5.74) is -2.29. The first-order valence-corrected chi connectivity index (χ1v) is 4.04. The Labute approximate surface area is 84.9 Å². The van der Waals surface area contributed by atoms with Crippen molar-refractivity contribution in [2.75, 3.05) is 14.2 Å². The Hall–Kier alpha value is -1.63. The maximum atomic E-state index is 11.2. The molecule has 0 aromatic rings. The minimum Gasteiger partial charge on any atom is -0.467 e. The monoisotopic (exact) mass is 218 g/mol. The van der Waals surface area contributed by atoms with Crippen molar-refractivity contribution >= 4 is 17.9 Å². The molecule has 0 unspecified atom stereocenters. The predicted molar refractivity (Wildman–Crippen MR) is 43.5 cm³/mol. The average Bonchev–Trinajstić information content (AvgIpc) is 2.53. The van der Waals surface area contributed by atoms with Crippen LogP contribution in [-0.4, -0.2) is 48.9 Å². The normalized spacial score (nSPS) is 29.5. The predicted octanol–water partition coefficient (Wildman–Crippen LogP) is -1.62. The number of carbonyl (C=O) groups is 3. The van der Waals surface area contributed by atoms with E-state index in [1.54, 1.807) is 0 Å². The summed E-state index contributed by atoms with van der Waals surface area (Å²) >= 11 is 0. The van der Waals surface area contributed by atoms with Crippen LogP contribution in [0.2, 0.25) is 0 Å². The van der Waals surface area contributed by atoms with Gasteiger partial charge in [0.25, 0.3) is 0 Å². The summed E-state index contributed by atoms with van der Waals surface area (Å²) in [6.07, 6.45) is -2.29. The van der Waals surface area contributed by atoms with Crippen LogP contribution in [0.5, 0.6) is 0 Å². The van der Waals surface area contributed by atoms with Gasteiger partial charge in [-0.05, 0) is 0 Å². The number of cyclic esters (lactones) is 1. The van der Waals surface area contributed by atoms with Gasteiger partial charge in [0, 0.05) is 0 Å². The molecule has 0 aliphatic carbocycles. The third kappa shape index (κ3) is 1.78. The third-order valence-corrected chi connectivity index (χ3v) is 2.05. The van der Waals surface area contributed by atoms with Crippen LogP contribution in [0.15, 0.2) is 0 Å². The summed E-state index contributed by atoms with van der Waals surface area (Å²) in [5.74, 6) is -2.98. The Balaban J connectivity index is 2.99. The minimum atomic E-state index is -2.29. The molecule has 1 rings (SSSR count). The van der Waals surface area contributed by atoms with Crippen molar-refractivity contribution in [2.24, 2.45) is 0 Å². The molecule has 84 valence electrons. The molecule has 1 N–H and O–H groups in total. The largest absolute Gasteiger partial charge is 0.467 e. The zero-order valence-electron chi connectivity index (χ0n) is 8.18. The quantitative estimate of drug-likeness (QED) is 0.439. The molecule has 1 heterocycles. The molecule has 7 nitrogen and oxygen atoms in total. The molecule has 0 aromatic carbocycles. The first-order valence-electron chi connectivity index (χ1n) is 4.04. The van der Waals surface area contributed by atoms with Gasteiger partial charge in [0.1, 0.15) is 0 Å². The lowest BCUT2D eigenvalue weighted by Crippen LogP contribution is -2.51. The molecule has 1 aliphatic rings. The van der Waals surface area contributed by atoms with Crippen molar-refractivity contribution in [1.82, 2.24) is 0 Å². The first-order chi connectivity index (χ1) is 6.95. The van der Waals surface area contributed by atoms with E-state index in [0.29, 0.717) is 0 Å². The molecule has 2 atom stereocenters. The highest BCUT2D eigenvalue weighted by atomic mass is 16.6. The van der Waals surface area contributed by atoms with Crippen molar-refractivity contribution in [3.8, 4) is 0 Å². The molecule has 1 saturated heterocycles. The standard InChI is InChI=1S/C8H10O7/c1-13-6(10)5-8(12,7(11)14-2)3-4(9)15-5/h5,12H,3H2,1-2H3/t5-,8-/m1/s1. The van der Waals surface area contributed by atoms with Crippen LogP contribution >= 0.6 is 0 Å². The summed E-state index contributed by atoms with van der Waals surface area (Å²) in [7, 11) is 2.07. The highest BCUT2D eigenvalue weighted by Gasteiger charge is 2.59. The maximum Gasteiger partial charge on any atom is 0.350 e. The number of hydrogen-bond acceptors (Lipinski definition) is 7. The number of methoxy groups -OCH3 is 2. The molecular weight excluding hydrogens is 208 g/mol. The Morgan fingerprint density at radius 3 is 2.53 bits per heavy atom. The van der Waals surface area contributed by atoms with Gasteiger partial charge in [-0.15, -0.1) is 0 Å². The first kappa shape index (κ1) is 11.4. The second-order valence-corrected chi connectivity index (χ2v) is 2.99. The van der Waals surface area contributed by atoms with E-state index in [1.165, 1.54) is 0 Å². The van der Waals surface area contributed by atoms with E-state index in [0.717, 1.165) is 14.2 Å². The Kier molecular flexibility index (Phi) is 2.94. The zero-order valence-corrected chi connectivity index (χ0v) is 8.18. The topological polar surface area (TPSA) is 99.1 Å². The summed E-state index contributed by atoms with van der Waals surface area (Å²) in [6.45, 7) is 0. The third-order valence-electron chi connectivity index (χ3n) is 2.05. The van der Waals surface area contributed by atoms with Crippen LogP contribution in [-0.2, 0) is 28.6 Å². The second-order valence-electron chi connectivity index (χ2n) is 2.99. The van der Waals surface area contributed by atoms with Crippen molar-refractivity contribution in [3.63, 3.8) is 0 Å². The number of carbonyl (C=O) groups excluding carboxylic acids is 3. The van der Waals surface area contributed by atoms with Gasteiger partial charge in [0.15, 0.2) is 0 Å². The number of aliphatic hydroxyl groups is 1. The highest BCUT2D eigenvalue weighted by Crippen LogP contribution is 2.29. The molecule has 0 amide bonds. The van der Waals surface area contributed by atoms with Crippen molar-refractivity contribution in [1.29, 1.82) is 0 Å². The van der Waals surface area contributed by atoms with Gasteiger partial charge in [0.2, 0.25) is 11.7 Å². The van der Waals surface area contributed by atoms with E-state index in [4.69, 9.17) is 0 Å². The van der Waals surface area contributed by atoms with Gasteiger partial charge in [-0.3, -0.25) is 4.79 Å². The summed E-state index contributed by atoms with van der Waals surface area (Å²) < 4.78 is 13.1. The number of rotatable bonds is 2. The fourth-order valence-electron chi connectivity index (χ4n) is 1.29. The number of esters is 3. The van der Waals surface area contributed by atoms with Crippen LogP contribution in [0.25, 0.3) is 0 Å². The van der Waals surface area contributed by atoms with E-state index in [-0.39, 0.29) is 0 Å². The molecule has 0 aromatic heterocycles. The minimum absolute atomic E-state index is 0.626. The molecule has 0 radical (unpaired) electrons. The van der Waals surface area contributed by atoms with Crippen molar-refractivity contribution < 1.29 is 33.7 Å². The lowest BCUT2D eigenvalue weighted by Gasteiger charge is -2.21. The summed E-state index contributed by atoms with van der Waals surface area (Å²) in [4.78, 5) is 33.2. The van der Waals surface area contributed by atoms with Gasteiger partial charge in [-0.25, -0.2) is 9.59 Å². The molecule has 1 aliphatic heterocycles. The molecule has 1 fully saturated rings. The van der Waals surface area contributed by atoms with E-state index in [2.05, 4.69) is 14.2 Å². The highest BCUT2D eigenvalue weighted by molar-refractivity contribution is 5.97. The van der Waals surface area contributed by atoms with E-state index in [9.17, 15) is 19.5 Å². The molecule has 15 heavy (non-hydrogen) atoms. The smallest absolute Gasteiger partial charge is 0.350 e. The maximum absolute atomic E-state index is 11.2. The summed E-state index contributed by atoms with van der Waals surface area (Å²) in [6, 6.07) is 0. The van der Waals surface area contributed by atoms with Gasteiger partial charge >= 0.3 is 17.9 Å². The van der Waals surface area contributed by atoms with E-state index < -0.39 is 36.0 Å². The number of hydrogen-bond donors (Lipinski definition) is 1. The fourth-order valence-corrected chi connectivity index (χ4v) is 1.29.